The first-order valence-electron chi connectivity index (χ1n) is 7.22. The van der Waals surface area contributed by atoms with E-state index in [-0.39, 0.29) is 18.6 Å². The van der Waals surface area contributed by atoms with Gasteiger partial charge in [-0.25, -0.2) is 0 Å². The quantitative estimate of drug-likeness (QED) is 0.606. The van der Waals surface area contributed by atoms with Crippen LogP contribution in [0.3, 0.4) is 0 Å². The van der Waals surface area contributed by atoms with E-state index in [0.29, 0.717) is 5.56 Å². The van der Waals surface area contributed by atoms with Crippen molar-refractivity contribution in [2.75, 3.05) is 14.2 Å². The van der Waals surface area contributed by atoms with Gasteiger partial charge in [0, 0.05) is 12.0 Å². The average molecular weight is 314 g/mol. The Kier molecular flexibility index (Phi) is 5.46. The minimum absolute atomic E-state index is 0.101. The molecule has 0 bridgehead atoms. The number of esters is 2. The van der Waals surface area contributed by atoms with Gasteiger partial charge in [-0.3, -0.25) is 14.4 Å². The lowest BCUT2D eigenvalue weighted by Gasteiger charge is -2.13. The second-order valence-electron chi connectivity index (χ2n) is 5.15. The molecule has 0 aliphatic heterocycles. The third kappa shape index (κ3) is 3.94. The summed E-state index contributed by atoms with van der Waals surface area (Å²) in [4.78, 5) is 35.8. The number of hydrogen-bond acceptors (Lipinski definition) is 5. The van der Waals surface area contributed by atoms with Crippen molar-refractivity contribution in [2.45, 2.75) is 12.8 Å². The van der Waals surface area contributed by atoms with Gasteiger partial charge in [0.25, 0.3) is 0 Å². The molecule has 0 heterocycles. The van der Waals surface area contributed by atoms with E-state index in [1.54, 1.807) is 12.1 Å². The third-order valence-electron chi connectivity index (χ3n) is 3.70. The van der Waals surface area contributed by atoms with Crippen molar-refractivity contribution in [2.24, 2.45) is 5.92 Å². The molecular weight excluding hydrogens is 296 g/mol. The number of hydrogen-bond donors (Lipinski definition) is 0. The molecule has 0 saturated heterocycles. The van der Waals surface area contributed by atoms with Gasteiger partial charge in [0.15, 0.2) is 5.78 Å². The number of Topliss-reactive ketones (excluding diaryl/α,β-unsaturated/α-hetero) is 1. The molecule has 2 aromatic carbocycles. The van der Waals surface area contributed by atoms with Gasteiger partial charge >= 0.3 is 11.9 Å². The smallest absolute Gasteiger partial charge is 0.309 e. The monoisotopic (exact) mass is 314 g/mol. The van der Waals surface area contributed by atoms with E-state index in [4.69, 9.17) is 0 Å². The molecule has 0 amide bonds. The fourth-order valence-electron chi connectivity index (χ4n) is 2.49. The SMILES string of the molecule is COC(=O)C[C@H](CC(=O)c1cccc2ccccc12)C(=O)OC. The van der Waals surface area contributed by atoms with Crippen molar-refractivity contribution in [1.82, 2.24) is 0 Å². The number of fused-ring (bicyclic) bond motifs is 1. The molecule has 0 aromatic heterocycles. The van der Waals surface area contributed by atoms with Gasteiger partial charge in [0.2, 0.25) is 0 Å². The molecule has 0 aliphatic rings. The first-order valence-corrected chi connectivity index (χ1v) is 7.22. The van der Waals surface area contributed by atoms with Crippen molar-refractivity contribution in [3.8, 4) is 0 Å². The lowest BCUT2D eigenvalue weighted by atomic mass is 9.93. The summed E-state index contributed by atoms with van der Waals surface area (Å²) in [6, 6.07) is 12.9. The molecule has 23 heavy (non-hydrogen) atoms. The van der Waals surface area contributed by atoms with Crippen LogP contribution in [0.4, 0.5) is 0 Å². The Morgan fingerprint density at radius 2 is 1.61 bits per heavy atom. The number of carbonyl (C=O) groups is 3. The number of methoxy groups -OCH3 is 2. The second-order valence-corrected chi connectivity index (χ2v) is 5.15. The Hall–Kier alpha value is -2.69. The van der Waals surface area contributed by atoms with Gasteiger partial charge in [-0.15, -0.1) is 0 Å². The number of benzene rings is 2. The predicted molar refractivity (Wildman–Crippen MR) is 85.0 cm³/mol. The zero-order valence-corrected chi connectivity index (χ0v) is 13.1. The van der Waals surface area contributed by atoms with Crippen LogP contribution in [0.15, 0.2) is 42.5 Å². The normalized spacial score (nSPS) is 11.7. The van der Waals surface area contributed by atoms with Crippen molar-refractivity contribution in [3.63, 3.8) is 0 Å². The fraction of sp³-hybridized carbons (Fsp3) is 0.278. The highest BCUT2D eigenvalue weighted by atomic mass is 16.5. The highest BCUT2D eigenvalue weighted by Gasteiger charge is 2.27. The largest absolute Gasteiger partial charge is 0.469 e. The summed E-state index contributed by atoms with van der Waals surface area (Å²) in [7, 11) is 2.47. The summed E-state index contributed by atoms with van der Waals surface area (Å²) >= 11 is 0. The van der Waals surface area contributed by atoms with E-state index >= 15 is 0 Å². The van der Waals surface area contributed by atoms with E-state index in [0.717, 1.165) is 10.8 Å². The van der Waals surface area contributed by atoms with E-state index < -0.39 is 17.9 Å². The third-order valence-corrected chi connectivity index (χ3v) is 3.70. The molecule has 0 N–H and O–H groups in total. The molecule has 2 aromatic rings. The maximum Gasteiger partial charge on any atom is 0.309 e. The summed E-state index contributed by atoms with van der Waals surface area (Å²) < 4.78 is 9.26. The Bertz CT molecular complexity index is 730. The van der Waals surface area contributed by atoms with E-state index in [2.05, 4.69) is 9.47 Å². The molecule has 0 aliphatic carbocycles. The number of carbonyl (C=O) groups excluding carboxylic acids is 3. The molecule has 0 spiro atoms. The van der Waals surface area contributed by atoms with E-state index in [1.165, 1.54) is 14.2 Å². The lowest BCUT2D eigenvalue weighted by molar-refractivity contribution is -0.151. The van der Waals surface area contributed by atoms with Crippen molar-refractivity contribution in [1.29, 1.82) is 0 Å². The Morgan fingerprint density at radius 1 is 0.913 bits per heavy atom. The fourth-order valence-corrected chi connectivity index (χ4v) is 2.49. The number of ether oxygens (including phenoxy) is 2. The minimum Gasteiger partial charge on any atom is -0.469 e. The van der Waals surface area contributed by atoms with Crippen LogP contribution in [0.25, 0.3) is 10.8 Å². The summed E-state index contributed by atoms with van der Waals surface area (Å²) in [5.41, 5.74) is 0.530. The molecule has 0 saturated carbocycles. The van der Waals surface area contributed by atoms with Gasteiger partial charge in [-0.05, 0) is 10.8 Å². The molecule has 0 fully saturated rings. The van der Waals surface area contributed by atoms with Crippen LogP contribution in [-0.4, -0.2) is 31.9 Å². The topological polar surface area (TPSA) is 69.7 Å². The van der Waals surface area contributed by atoms with Gasteiger partial charge in [-0.1, -0.05) is 42.5 Å². The molecule has 5 nitrogen and oxygen atoms in total. The van der Waals surface area contributed by atoms with Crippen molar-refractivity contribution >= 4 is 28.5 Å². The zero-order chi connectivity index (χ0) is 16.8. The maximum absolute atomic E-state index is 12.6. The van der Waals surface area contributed by atoms with Gasteiger partial charge in [-0.2, -0.15) is 0 Å². The molecule has 5 heteroatoms. The Balaban J connectivity index is 2.26. The summed E-state index contributed by atoms with van der Waals surface area (Å²) in [5, 5.41) is 1.77. The summed E-state index contributed by atoms with van der Waals surface area (Å²) in [6.07, 6.45) is -0.282. The Morgan fingerprint density at radius 3 is 2.30 bits per heavy atom. The van der Waals surface area contributed by atoms with Crippen LogP contribution in [-0.2, 0) is 19.1 Å². The maximum atomic E-state index is 12.6. The van der Waals surface area contributed by atoms with Gasteiger partial charge in [0.05, 0.1) is 26.6 Å². The minimum atomic E-state index is -0.848. The summed E-state index contributed by atoms with van der Waals surface area (Å²) in [6.45, 7) is 0. The van der Waals surface area contributed by atoms with Gasteiger partial charge in [0.1, 0.15) is 0 Å². The Labute approximate surface area is 134 Å². The highest BCUT2D eigenvalue weighted by molar-refractivity contribution is 6.09. The average Bonchev–Trinajstić information content (AvgIpc) is 2.59. The molecule has 0 unspecified atom stereocenters. The van der Waals surface area contributed by atoms with Crippen LogP contribution in [0.1, 0.15) is 23.2 Å². The molecule has 0 radical (unpaired) electrons. The second kappa shape index (κ2) is 7.54. The molecular formula is C18H18O5. The van der Waals surface area contributed by atoms with Crippen LogP contribution in [0.2, 0.25) is 0 Å². The van der Waals surface area contributed by atoms with Crippen molar-refractivity contribution in [3.05, 3.63) is 48.0 Å². The first kappa shape index (κ1) is 16.7. The molecule has 120 valence electrons. The van der Waals surface area contributed by atoms with E-state index in [1.807, 2.05) is 30.3 Å². The van der Waals surface area contributed by atoms with Gasteiger partial charge < -0.3 is 9.47 Å². The number of rotatable bonds is 6. The van der Waals surface area contributed by atoms with Crippen LogP contribution >= 0.6 is 0 Å². The standard InChI is InChI=1S/C18H18O5/c1-22-17(20)11-13(18(21)23-2)10-16(19)15-9-5-7-12-6-3-4-8-14(12)15/h3-9,13H,10-11H2,1-2H3/t13-/m0/s1. The van der Waals surface area contributed by atoms with Crippen LogP contribution in [0.5, 0.6) is 0 Å². The number of ketones is 1. The highest BCUT2D eigenvalue weighted by Crippen LogP contribution is 2.22. The summed E-state index contributed by atoms with van der Waals surface area (Å²) in [5.74, 6) is -2.20. The van der Waals surface area contributed by atoms with E-state index in [9.17, 15) is 14.4 Å². The molecule has 1 atom stereocenters. The van der Waals surface area contributed by atoms with Crippen LogP contribution < -0.4 is 0 Å². The predicted octanol–water partition coefficient (Wildman–Crippen LogP) is 2.76. The molecule has 2 rings (SSSR count). The lowest BCUT2D eigenvalue weighted by Crippen LogP contribution is -2.23. The van der Waals surface area contributed by atoms with Crippen molar-refractivity contribution < 1.29 is 23.9 Å². The van der Waals surface area contributed by atoms with Crippen LogP contribution in [0, 0.1) is 5.92 Å². The zero-order valence-electron chi connectivity index (χ0n) is 13.1. The first-order chi connectivity index (χ1) is 11.1.